The molecular formula is C22H21FN4O4S. The summed E-state index contributed by atoms with van der Waals surface area (Å²) in [6.07, 6.45) is 0. The van der Waals surface area contributed by atoms with Gasteiger partial charge in [0.1, 0.15) is 10.8 Å². The molecule has 0 amide bonds. The molecule has 0 radical (unpaired) electrons. The summed E-state index contributed by atoms with van der Waals surface area (Å²) in [4.78, 5) is 31.7. The van der Waals surface area contributed by atoms with Gasteiger partial charge in [0.2, 0.25) is 0 Å². The van der Waals surface area contributed by atoms with Crippen LogP contribution in [0.15, 0.2) is 47.8 Å². The summed E-state index contributed by atoms with van der Waals surface area (Å²) in [5, 5.41) is 14.0. The Bertz CT molecular complexity index is 1130. The van der Waals surface area contributed by atoms with Gasteiger partial charge in [0, 0.05) is 55.8 Å². The number of anilines is 1. The number of piperazine rings is 1. The lowest BCUT2D eigenvalue weighted by Gasteiger charge is -2.36. The lowest BCUT2D eigenvalue weighted by Crippen LogP contribution is -2.46. The lowest BCUT2D eigenvalue weighted by molar-refractivity contribution is -0.384. The molecule has 10 heteroatoms. The van der Waals surface area contributed by atoms with Crippen LogP contribution in [-0.2, 0) is 11.3 Å². The topological polar surface area (TPSA) is 88.8 Å². The quantitative estimate of drug-likeness (QED) is 0.315. The van der Waals surface area contributed by atoms with E-state index in [1.807, 2.05) is 10.3 Å². The second-order valence-corrected chi connectivity index (χ2v) is 8.22. The zero-order chi connectivity index (χ0) is 22.7. The highest BCUT2D eigenvalue weighted by Gasteiger charge is 2.24. The second kappa shape index (κ2) is 9.41. The molecule has 0 N–H and O–H groups in total. The number of ether oxygens (including phenoxy) is 1. The van der Waals surface area contributed by atoms with Crippen molar-refractivity contribution in [2.45, 2.75) is 6.54 Å². The molecule has 2 heterocycles. The van der Waals surface area contributed by atoms with Crippen molar-refractivity contribution in [2.24, 2.45) is 0 Å². The van der Waals surface area contributed by atoms with E-state index < -0.39 is 10.9 Å². The van der Waals surface area contributed by atoms with Gasteiger partial charge in [-0.15, -0.1) is 11.3 Å². The molecule has 4 rings (SSSR count). The van der Waals surface area contributed by atoms with Gasteiger partial charge in [-0.25, -0.2) is 14.2 Å². The Morgan fingerprint density at radius 2 is 1.91 bits per heavy atom. The number of nitro benzene ring substituents is 1. The fourth-order valence-electron chi connectivity index (χ4n) is 3.67. The first-order chi connectivity index (χ1) is 15.4. The number of thiazole rings is 1. The highest BCUT2D eigenvalue weighted by molar-refractivity contribution is 7.13. The number of aromatic nitrogens is 1. The molecule has 1 saturated heterocycles. The Morgan fingerprint density at radius 3 is 2.56 bits per heavy atom. The summed E-state index contributed by atoms with van der Waals surface area (Å²) in [5.41, 5.74) is 2.52. The smallest absolute Gasteiger partial charge is 0.340 e. The number of nitrogens with zero attached hydrogens (tertiary/aromatic N) is 4. The highest BCUT2D eigenvalue weighted by Crippen LogP contribution is 2.28. The number of carbonyl (C=O) groups is 1. The summed E-state index contributed by atoms with van der Waals surface area (Å²) in [7, 11) is 1.26. The molecule has 0 spiro atoms. The van der Waals surface area contributed by atoms with Crippen LogP contribution >= 0.6 is 11.3 Å². The summed E-state index contributed by atoms with van der Waals surface area (Å²) in [6, 6.07) is 10.6. The third-order valence-electron chi connectivity index (χ3n) is 5.34. The predicted molar refractivity (Wildman–Crippen MR) is 119 cm³/mol. The van der Waals surface area contributed by atoms with Gasteiger partial charge in [-0.1, -0.05) is 0 Å². The maximum Gasteiger partial charge on any atom is 0.340 e. The van der Waals surface area contributed by atoms with Crippen molar-refractivity contribution in [3.05, 3.63) is 75.0 Å². The van der Waals surface area contributed by atoms with Crippen LogP contribution in [0.3, 0.4) is 0 Å². The zero-order valence-electron chi connectivity index (χ0n) is 17.4. The predicted octanol–water partition coefficient (Wildman–Crippen LogP) is 3.97. The minimum Gasteiger partial charge on any atom is -0.465 e. The number of carbonyl (C=O) groups excluding carboxylic acids is 1. The summed E-state index contributed by atoms with van der Waals surface area (Å²) in [6.45, 7) is 3.52. The van der Waals surface area contributed by atoms with Crippen molar-refractivity contribution in [2.75, 3.05) is 38.2 Å². The van der Waals surface area contributed by atoms with Crippen molar-refractivity contribution < 1.29 is 18.8 Å². The van der Waals surface area contributed by atoms with Crippen molar-refractivity contribution in [3.8, 4) is 10.6 Å². The lowest BCUT2D eigenvalue weighted by atomic mass is 10.1. The van der Waals surface area contributed by atoms with E-state index in [0.29, 0.717) is 25.3 Å². The molecule has 0 aliphatic carbocycles. The standard InChI is InChI=1S/C22H21FN4O4S/c1-31-22(28)19-12-18(27(29)30)6-7-20(19)26-10-8-25(9-11-26)13-17-14-32-21(24-17)15-2-4-16(23)5-3-15/h2-7,12,14H,8-11,13H2,1H3. The SMILES string of the molecule is COC(=O)c1cc([N+](=O)[O-])ccc1N1CCN(Cc2csc(-c3ccc(F)cc3)n2)CC1. The molecule has 32 heavy (non-hydrogen) atoms. The van der Waals surface area contributed by atoms with Crippen LogP contribution in [-0.4, -0.2) is 54.1 Å². The average molecular weight is 456 g/mol. The highest BCUT2D eigenvalue weighted by atomic mass is 32.1. The summed E-state index contributed by atoms with van der Waals surface area (Å²) >= 11 is 1.53. The van der Waals surface area contributed by atoms with Crippen molar-refractivity contribution in [1.29, 1.82) is 0 Å². The van der Waals surface area contributed by atoms with E-state index in [2.05, 4.69) is 9.88 Å². The Labute approximate surface area is 188 Å². The number of benzene rings is 2. The second-order valence-electron chi connectivity index (χ2n) is 7.36. The number of nitro groups is 1. The molecule has 0 bridgehead atoms. The number of hydrogen-bond donors (Lipinski definition) is 0. The van der Waals surface area contributed by atoms with Crippen LogP contribution in [0.5, 0.6) is 0 Å². The average Bonchev–Trinajstić information content (AvgIpc) is 3.27. The number of halogens is 1. The minimum atomic E-state index is -0.595. The Hall–Kier alpha value is -3.37. The third-order valence-corrected chi connectivity index (χ3v) is 6.28. The number of methoxy groups -OCH3 is 1. The molecule has 1 aliphatic rings. The van der Waals surface area contributed by atoms with Gasteiger partial charge in [0.15, 0.2) is 0 Å². The first-order valence-electron chi connectivity index (χ1n) is 9.99. The van der Waals surface area contributed by atoms with Crippen LogP contribution in [0, 0.1) is 15.9 Å². The molecule has 166 valence electrons. The molecule has 0 atom stereocenters. The zero-order valence-corrected chi connectivity index (χ0v) is 18.2. The molecule has 0 unspecified atom stereocenters. The Balaban J connectivity index is 1.41. The van der Waals surface area contributed by atoms with Crippen LogP contribution in [0.4, 0.5) is 15.8 Å². The number of rotatable bonds is 6. The van der Waals surface area contributed by atoms with Gasteiger partial charge in [-0.3, -0.25) is 15.0 Å². The maximum atomic E-state index is 13.1. The van der Waals surface area contributed by atoms with E-state index in [0.717, 1.165) is 29.4 Å². The fraction of sp³-hybridized carbons (Fsp3) is 0.273. The Morgan fingerprint density at radius 1 is 1.19 bits per heavy atom. The van der Waals surface area contributed by atoms with Gasteiger partial charge in [-0.05, 0) is 30.3 Å². The van der Waals surface area contributed by atoms with Crippen LogP contribution < -0.4 is 4.90 Å². The first kappa shape index (κ1) is 21.8. The fourth-order valence-corrected chi connectivity index (χ4v) is 4.48. The third kappa shape index (κ3) is 4.76. The van der Waals surface area contributed by atoms with E-state index in [1.54, 1.807) is 18.2 Å². The van der Waals surface area contributed by atoms with Gasteiger partial charge < -0.3 is 9.64 Å². The number of non-ortho nitro benzene ring substituents is 1. The molecule has 1 fully saturated rings. The normalized spacial score (nSPS) is 14.4. The number of hydrogen-bond acceptors (Lipinski definition) is 8. The largest absolute Gasteiger partial charge is 0.465 e. The van der Waals surface area contributed by atoms with Crippen molar-refractivity contribution in [1.82, 2.24) is 9.88 Å². The van der Waals surface area contributed by atoms with Gasteiger partial charge in [0.05, 0.1) is 29.0 Å². The molecule has 3 aromatic rings. The molecular weight excluding hydrogens is 435 g/mol. The van der Waals surface area contributed by atoms with E-state index in [4.69, 9.17) is 4.74 Å². The van der Waals surface area contributed by atoms with Crippen molar-refractivity contribution >= 4 is 28.7 Å². The van der Waals surface area contributed by atoms with E-state index in [9.17, 15) is 19.3 Å². The van der Waals surface area contributed by atoms with Gasteiger partial charge >= 0.3 is 5.97 Å². The molecule has 1 aromatic heterocycles. The molecule has 1 aliphatic heterocycles. The van der Waals surface area contributed by atoms with Crippen LogP contribution in [0.25, 0.3) is 10.6 Å². The monoisotopic (exact) mass is 456 g/mol. The van der Waals surface area contributed by atoms with Gasteiger partial charge in [0.25, 0.3) is 5.69 Å². The van der Waals surface area contributed by atoms with Gasteiger partial charge in [-0.2, -0.15) is 0 Å². The van der Waals surface area contributed by atoms with E-state index in [-0.39, 0.29) is 17.1 Å². The first-order valence-corrected chi connectivity index (χ1v) is 10.9. The summed E-state index contributed by atoms with van der Waals surface area (Å²) < 4.78 is 18.0. The summed E-state index contributed by atoms with van der Waals surface area (Å²) in [5.74, 6) is -0.867. The minimum absolute atomic E-state index is 0.145. The molecule has 0 saturated carbocycles. The Kier molecular flexibility index (Phi) is 6.42. The maximum absolute atomic E-state index is 13.1. The molecule has 8 nitrogen and oxygen atoms in total. The molecule has 2 aromatic carbocycles. The van der Waals surface area contributed by atoms with Crippen LogP contribution in [0.1, 0.15) is 16.1 Å². The van der Waals surface area contributed by atoms with Crippen molar-refractivity contribution in [3.63, 3.8) is 0 Å². The van der Waals surface area contributed by atoms with Crippen LogP contribution in [0.2, 0.25) is 0 Å². The van der Waals surface area contributed by atoms with E-state index >= 15 is 0 Å². The number of esters is 1. The van der Waals surface area contributed by atoms with E-state index in [1.165, 1.54) is 42.7 Å².